The summed E-state index contributed by atoms with van der Waals surface area (Å²) >= 11 is 0. The number of imidazole rings is 1. The Labute approximate surface area is 188 Å². The Kier molecular flexibility index (Phi) is 7.15. The molecule has 0 spiro atoms. The minimum atomic E-state index is -0.0163. The summed E-state index contributed by atoms with van der Waals surface area (Å²) < 4.78 is 8.66. The third-order valence-electron chi connectivity index (χ3n) is 6.70. The number of carbonyl (C=O) groups is 1. The molecule has 0 N–H and O–H groups in total. The molecule has 0 aromatic carbocycles. The minimum absolute atomic E-state index is 0.0163. The first-order valence-corrected chi connectivity index (χ1v) is 11.5. The number of hydrogen-bond donors (Lipinski definition) is 0. The highest BCUT2D eigenvalue weighted by Gasteiger charge is 2.27. The van der Waals surface area contributed by atoms with Gasteiger partial charge in [0.2, 0.25) is 0 Å². The van der Waals surface area contributed by atoms with Crippen molar-refractivity contribution in [1.82, 2.24) is 19.1 Å². The van der Waals surface area contributed by atoms with E-state index in [1.54, 1.807) is 24.1 Å². The molecule has 170 valence electrons. The van der Waals surface area contributed by atoms with Gasteiger partial charge in [0.05, 0.1) is 5.52 Å². The van der Waals surface area contributed by atoms with Crippen molar-refractivity contribution in [1.29, 1.82) is 0 Å². The summed E-state index contributed by atoms with van der Waals surface area (Å²) in [6.07, 6.45) is 9.40. The molecular weight excluding hydrogens is 404 g/mol. The van der Waals surface area contributed by atoms with Crippen molar-refractivity contribution < 1.29 is 9.53 Å². The number of rotatable bonds is 9. The maximum Gasteiger partial charge on any atom is 0.330 e. The van der Waals surface area contributed by atoms with E-state index in [9.17, 15) is 9.59 Å². The molecule has 32 heavy (non-hydrogen) atoms. The third kappa shape index (κ3) is 4.99. The minimum Gasteiger partial charge on any atom is -0.385 e. The summed E-state index contributed by atoms with van der Waals surface area (Å²) in [5, 5.41) is 0. The van der Waals surface area contributed by atoms with Crippen molar-refractivity contribution in [2.75, 3.05) is 13.7 Å². The number of nitrogens with zero attached hydrogens (tertiary/aromatic N) is 4. The van der Waals surface area contributed by atoms with Gasteiger partial charge in [0.1, 0.15) is 5.78 Å². The van der Waals surface area contributed by atoms with E-state index < -0.39 is 0 Å². The molecule has 7 nitrogen and oxygen atoms in total. The SMILES string of the molecule is COCCCc1ccc2c(n1)n(CC1CCC(C(=O)Cc3ccncc3)CC1)c(=O)n2C. The molecule has 0 unspecified atom stereocenters. The largest absolute Gasteiger partial charge is 0.385 e. The zero-order valence-corrected chi connectivity index (χ0v) is 19.0. The standard InChI is InChI=1S/C25H32N4O3/c1-28-22-10-9-21(4-3-15-32-2)27-24(22)29(25(28)31)17-19-5-7-20(8-6-19)23(30)16-18-11-13-26-14-12-18/h9-14,19-20H,3-8,15-17H2,1-2H3. The normalized spacial score (nSPS) is 18.8. The van der Waals surface area contributed by atoms with Crippen molar-refractivity contribution in [3.63, 3.8) is 0 Å². The quantitative estimate of drug-likeness (QED) is 0.481. The topological polar surface area (TPSA) is 79.0 Å². The number of methoxy groups -OCH3 is 1. The van der Waals surface area contributed by atoms with Crippen LogP contribution in [0.15, 0.2) is 41.5 Å². The predicted octanol–water partition coefficient (Wildman–Crippen LogP) is 3.33. The molecule has 4 rings (SSSR count). The van der Waals surface area contributed by atoms with Gasteiger partial charge in [-0.05, 0) is 74.3 Å². The molecule has 3 aromatic heterocycles. The number of fused-ring (bicyclic) bond motifs is 1. The smallest absolute Gasteiger partial charge is 0.330 e. The van der Waals surface area contributed by atoms with Gasteiger partial charge in [-0.2, -0.15) is 0 Å². The van der Waals surface area contributed by atoms with E-state index in [4.69, 9.17) is 9.72 Å². The Bertz CT molecular complexity index is 1110. The van der Waals surface area contributed by atoms with Crippen LogP contribution >= 0.6 is 0 Å². The molecule has 1 aliphatic carbocycles. The molecule has 0 atom stereocenters. The number of aromatic nitrogens is 4. The lowest BCUT2D eigenvalue weighted by Gasteiger charge is -2.27. The summed E-state index contributed by atoms with van der Waals surface area (Å²) in [6, 6.07) is 7.82. The van der Waals surface area contributed by atoms with Crippen molar-refractivity contribution in [2.45, 2.75) is 51.5 Å². The molecule has 7 heteroatoms. The molecule has 0 saturated heterocycles. The van der Waals surface area contributed by atoms with Crippen LogP contribution in [0.3, 0.4) is 0 Å². The van der Waals surface area contributed by atoms with Crippen LogP contribution in [-0.4, -0.2) is 38.6 Å². The van der Waals surface area contributed by atoms with E-state index in [0.29, 0.717) is 31.3 Å². The van der Waals surface area contributed by atoms with Gasteiger partial charge in [0.15, 0.2) is 5.65 Å². The van der Waals surface area contributed by atoms with Crippen LogP contribution in [0.4, 0.5) is 0 Å². The Balaban J connectivity index is 1.41. The fourth-order valence-corrected chi connectivity index (χ4v) is 4.79. The van der Waals surface area contributed by atoms with E-state index in [1.807, 2.05) is 35.9 Å². The lowest BCUT2D eigenvalue weighted by molar-refractivity contribution is -0.123. The van der Waals surface area contributed by atoms with Crippen LogP contribution < -0.4 is 5.69 Å². The van der Waals surface area contributed by atoms with Crippen LogP contribution in [0.25, 0.3) is 11.2 Å². The zero-order valence-electron chi connectivity index (χ0n) is 19.0. The fraction of sp³-hybridized carbons (Fsp3) is 0.520. The highest BCUT2D eigenvalue weighted by molar-refractivity contribution is 5.83. The van der Waals surface area contributed by atoms with Crippen LogP contribution in [0.5, 0.6) is 0 Å². The molecule has 1 saturated carbocycles. The lowest BCUT2D eigenvalue weighted by atomic mass is 9.79. The van der Waals surface area contributed by atoms with Crippen LogP contribution in [-0.2, 0) is 36.0 Å². The van der Waals surface area contributed by atoms with Gasteiger partial charge in [-0.15, -0.1) is 0 Å². The molecule has 1 aliphatic rings. The van der Waals surface area contributed by atoms with Gasteiger partial charge in [-0.25, -0.2) is 9.78 Å². The number of ketones is 1. The molecule has 0 amide bonds. The van der Waals surface area contributed by atoms with Crippen molar-refractivity contribution in [3.8, 4) is 0 Å². The molecule has 0 bridgehead atoms. The molecule has 3 heterocycles. The summed E-state index contributed by atoms with van der Waals surface area (Å²) in [4.78, 5) is 34.5. The van der Waals surface area contributed by atoms with Gasteiger partial charge in [0.25, 0.3) is 0 Å². The van der Waals surface area contributed by atoms with Gasteiger partial charge >= 0.3 is 5.69 Å². The first-order valence-electron chi connectivity index (χ1n) is 11.5. The summed E-state index contributed by atoms with van der Waals surface area (Å²) in [5.74, 6) is 0.829. The molecular formula is C25H32N4O3. The molecule has 0 radical (unpaired) electrons. The number of hydrogen-bond acceptors (Lipinski definition) is 5. The molecule has 0 aliphatic heterocycles. The highest BCUT2D eigenvalue weighted by atomic mass is 16.5. The van der Waals surface area contributed by atoms with E-state index in [1.165, 1.54) is 0 Å². The molecule has 1 fully saturated rings. The van der Waals surface area contributed by atoms with E-state index in [-0.39, 0.29) is 11.6 Å². The van der Waals surface area contributed by atoms with Crippen LogP contribution in [0.1, 0.15) is 43.4 Å². The Morgan fingerprint density at radius 2 is 1.88 bits per heavy atom. The maximum absolute atomic E-state index is 12.9. The first-order chi connectivity index (χ1) is 15.6. The second kappa shape index (κ2) is 10.2. The van der Waals surface area contributed by atoms with Gasteiger partial charge in [-0.1, -0.05) is 0 Å². The van der Waals surface area contributed by atoms with Gasteiger partial charge in [0, 0.05) is 57.7 Å². The van der Waals surface area contributed by atoms with Crippen molar-refractivity contribution >= 4 is 16.9 Å². The average molecular weight is 437 g/mol. The monoisotopic (exact) mass is 436 g/mol. The number of carbonyl (C=O) groups excluding carboxylic acids is 1. The molecule has 3 aromatic rings. The lowest BCUT2D eigenvalue weighted by Crippen LogP contribution is -2.29. The third-order valence-corrected chi connectivity index (χ3v) is 6.70. The first kappa shape index (κ1) is 22.4. The Morgan fingerprint density at radius 1 is 1.12 bits per heavy atom. The number of Topliss-reactive ketones (excluding diaryl/α,β-unsaturated/α-hetero) is 1. The van der Waals surface area contributed by atoms with Gasteiger partial charge in [-0.3, -0.25) is 18.9 Å². The number of aryl methyl sites for hydroxylation is 2. The number of pyridine rings is 2. The number of ether oxygens (including phenoxy) is 1. The average Bonchev–Trinajstić information content (AvgIpc) is 3.05. The Morgan fingerprint density at radius 3 is 2.59 bits per heavy atom. The summed E-state index contributed by atoms with van der Waals surface area (Å²) in [6.45, 7) is 1.36. The van der Waals surface area contributed by atoms with Crippen molar-refractivity contribution in [3.05, 3.63) is 58.4 Å². The maximum atomic E-state index is 12.9. The van der Waals surface area contributed by atoms with E-state index >= 15 is 0 Å². The van der Waals surface area contributed by atoms with E-state index in [2.05, 4.69) is 4.98 Å². The predicted molar refractivity (Wildman–Crippen MR) is 124 cm³/mol. The summed E-state index contributed by atoms with van der Waals surface area (Å²) in [5.41, 5.74) is 3.63. The fourth-order valence-electron chi connectivity index (χ4n) is 4.79. The zero-order chi connectivity index (χ0) is 22.5. The van der Waals surface area contributed by atoms with Gasteiger partial charge < -0.3 is 4.74 Å². The summed E-state index contributed by atoms with van der Waals surface area (Å²) in [7, 11) is 3.51. The Hall–Kier alpha value is -2.80. The van der Waals surface area contributed by atoms with E-state index in [0.717, 1.165) is 60.9 Å². The second-order valence-electron chi connectivity index (χ2n) is 8.91. The highest BCUT2D eigenvalue weighted by Crippen LogP contribution is 2.31. The van der Waals surface area contributed by atoms with Crippen LogP contribution in [0.2, 0.25) is 0 Å². The van der Waals surface area contributed by atoms with Crippen LogP contribution in [0, 0.1) is 11.8 Å². The van der Waals surface area contributed by atoms with Crippen molar-refractivity contribution in [2.24, 2.45) is 18.9 Å². The second-order valence-corrected chi connectivity index (χ2v) is 8.91.